The van der Waals surface area contributed by atoms with E-state index in [0.29, 0.717) is 0 Å². The van der Waals surface area contributed by atoms with Gasteiger partial charge in [0.15, 0.2) is 9.84 Å². The van der Waals surface area contributed by atoms with E-state index in [9.17, 15) is 8.42 Å². The molecular formula is C12H25ClN2O2S. The summed E-state index contributed by atoms with van der Waals surface area (Å²) in [6, 6.07) is 0. The molecule has 0 spiro atoms. The van der Waals surface area contributed by atoms with Gasteiger partial charge >= 0.3 is 0 Å². The molecule has 2 rings (SSSR count). The van der Waals surface area contributed by atoms with Gasteiger partial charge in [-0.3, -0.25) is 0 Å². The highest BCUT2D eigenvalue weighted by Crippen LogP contribution is 2.20. The second-order valence-corrected chi connectivity index (χ2v) is 7.87. The lowest BCUT2D eigenvalue weighted by molar-refractivity contribution is 0.179. The molecule has 108 valence electrons. The van der Waals surface area contributed by atoms with Gasteiger partial charge in [-0.2, -0.15) is 0 Å². The predicted octanol–water partition coefficient (Wildman–Crippen LogP) is 0.917. The first-order chi connectivity index (χ1) is 8.05. The van der Waals surface area contributed by atoms with Crippen molar-refractivity contribution in [3.63, 3.8) is 0 Å². The highest BCUT2D eigenvalue weighted by Gasteiger charge is 2.28. The minimum absolute atomic E-state index is 0. The summed E-state index contributed by atoms with van der Waals surface area (Å²) < 4.78 is 23.2. The van der Waals surface area contributed by atoms with Gasteiger partial charge in [0.2, 0.25) is 0 Å². The molecule has 1 unspecified atom stereocenters. The van der Waals surface area contributed by atoms with E-state index < -0.39 is 9.84 Å². The highest BCUT2D eigenvalue weighted by molar-refractivity contribution is 7.91. The molecule has 2 heterocycles. The third-order valence-electron chi connectivity index (χ3n) is 4.04. The van der Waals surface area contributed by atoms with Crippen molar-refractivity contribution in [2.75, 3.05) is 39.0 Å². The quantitative estimate of drug-likeness (QED) is 0.841. The summed E-state index contributed by atoms with van der Waals surface area (Å²) in [4.78, 5) is 2.37. The average molecular weight is 297 g/mol. The summed E-state index contributed by atoms with van der Waals surface area (Å²) in [7, 11) is -2.85. The first-order valence-electron chi connectivity index (χ1n) is 6.67. The van der Waals surface area contributed by atoms with Gasteiger partial charge in [0.25, 0.3) is 0 Å². The van der Waals surface area contributed by atoms with Crippen molar-refractivity contribution in [1.82, 2.24) is 10.2 Å². The first-order valence-corrected chi connectivity index (χ1v) is 8.63. The zero-order valence-corrected chi connectivity index (χ0v) is 12.7. The molecule has 0 aromatic rings. The number of sulfone groups is 1. The van der Waals surface area contributed by atoms with Crippen LogP contribution in [-0.4, -0.2) is 57.5 Å². The Hall–Kier alpha value is 0.160. The number of likely N-dealkylation sites (tertiary alicyclic amines) is 1. The van der Waals surface area contributed by atoms with Crippen LogP contribution in [0.2, 0.25) is 0 Å². The van der Waals surface area contributed by atoms with Crippen LogP contribution >= 0.6 is 12.4 Å². The van der Waals surface area contributed by atoms with E-state index in [2.05, 4.69) is 10.2 Å². The fourth-order valence-corrected chi connectivity index (χ4v) is 4.03. The van der Waals surface area contributed by atoms with Crippen molar-refractivity contribution in [3.8, 4) is 0 Å². The van der Waals surface area contributed by atoms with Gasteiger partial charge in [-0.1, -0.05) is 0 Å². The largest absolute Gasteiger partial charge is 0.317 e. The monoisotopic (exact) mass is 296 g/mol. The van der Waals surface area contributed by atoms with Crippen molar-refractivity contribution >= 4 is 22.2 Å². The molecule has 2 aliphatic rings. The number of hydrogen-bond donors (Lipinski definition) is 1. The Bertz CT molecular complexity index is 342. The highest BCUT2D eigenvalue weighted by atomic mass is 35.5. The Morgan fingerprint density at radius 3 is 2.50 bits per heavy atom. The maximum absolute atomic E-state index is 11.6. The number of nitrogens with zero attached hydrogens (tertiary/aromatic N) is 1. The first kappa shape index (κ1) is 16.2. The Morgan fingerprint density at radius 2 is 1.89 bits per heavy atom. The van der Waals surface area contributed by atoms with Crippen LogP contribution in [0.25, 0.3) is 0 Å². The second-order valence-electron chi connectivity index (χ2n) is 5.55. The molecule has 0 aliphatic carbocycles. The van der Waals surface area contributed by atoms with E-state index >= 15 is 0 Å². The molecule has 0 bridgehead atoms. The molecule has 1 atom stereocenters. The summed E-state index contributed by atoms with van der Waals surface area (Å²) >= 11 is 0. The average Bonchev–Trinajstić information content (AvgIpc) is 2.29. The molecule has 2 aliphatic heterocycles. The fraction of sp³-hybridized carbons (Fsp3) is 1.00. The summed E-state index contributed by atoms with van der Waals surface area (Å²) in [6.45, 7) is 5.16. The van der Waals surface area contributed by atoms with Gasteiger partial charge in [-0.25, -0.2) is 8.42 Å². The SMILES string of the molecule is CS(=O)(=O)C1CCCN(CC2CCNCC2)C1.Cl. The van der Waals surface area contributed by atoms with Crippen LogP contribution in [0.15, 0.2) is 0 Å². The topological polar surface area (TPSA) is 49.4 Å². The van der Waals surface area contributed by atoms with E-state index in [1.54, 1.807) is 0 Å². The van der Waals surface area contributed by atoms with E-state index in [0.717, 1.165) is 51.5 Å². The van der Waals surface area contributed by atoms with Crippen molar-refractivity contribution in [1.29, 1.82) is 0 Å². The molecule has 1 N–H and O–H groups in total. The fourth-order valence-electron chi connectivity index (χ4n) is 2.96. The molecule has 4 nitrogen and oxygen atoms in total. The van der Waals surface area contributed by atoms with Gasteiger partial charge in [-0.05, 0) is 51.2 Å². The van der Waals surface area contributed by atoms with Gasteiger partial charge in [0.1, 0.15) is 0 Å². The normalized spacial score (nSPS) is 27.7. The van der Waals surface area contributed by atoms with E-state index in [4.69, 9.17) is 0 Å². The van der Waals surface area contributed by atoms with Gasteiger partial charge in [0.05, 0.1) is 5.25 Å². The third-order valence-corrected chi connectivity index (χ3v) is 5.64. The Morgan fingerprint density at radius 1 is 1.22 bits per heavy atom. The smallest absolute Gasteiger partial charge is 0.151 e. The molecule has 2 fully saturated rings. The third kappa shape index (κ3) is 4.68. The van der Waals surface area contributed by atoms with Crippen LogP contribution < -0.4 is 5.32 Å². The van der Waals surface area contributed by atoms with Crippen LogP contribution in [0.1, 0.15) is 25.7 Å². The zero-order chi connectivity index (χ0) is 12.3. The van der Waals surface area contributed by atoms with Crippen molar-refractivity contribution in [3.05, 3.63) is 0 Å². The Labute approximate surface area is 117 Å². The lowest BCUT2D eigenvalue weighted by Gasteiger charge is -2.35. The maximum Gasteiger partial charge on any atom is 0.151 e. The molecule has 0 saturated carbocycles. The molecular weight excluding hydrogens is 272 g/mol. The van der Waals surface area contributed by atoms with Crippen molar-refractivity contribution in [2.45, 2.75) is 30.9 Å². The Kier molecular flexibility index (Phi) is 6.38. The number of hydrogen-bond acceptors (Lipinski definition) is 4. The molecule has 6 heteroatoms. The maximum atomic E-state index is 11.6. The van der Waals surface area contributed by atoms with Crippen LogP contribution in [0, 0.1) is 5.92 Å². The lowest BCUT2D eigenvalue weighted by atomic mass is 9.96. The van der Waals surface area contributed by atoms with Crippen LogP contribution in [0.5, 0.6) is 0 Å². The van der Waals surface area contributed by atoms with E-state index in [1.165, 1.54) is 19.1 Å². The lowest BCUT2D eigenvalue weighted by Crippen LogP contribution is -2.45. The predicted molar refractivity (Wildman–Crippen MR) is 77.1 cm³/mol. The number of piperidine rings is 2. The van der Waals surface area contributed by atoms with Gasteiger partial charge in [-0.15, -0.1) is 12.4 Å². The van der Waals surface area contributed by atoms with Crippen LogP contribution in [0.3, 0.4) is 0 Å². The van der Waals surface area contributed by atoms with Gasteiger partial charge < -0.3 is 10.2 Å². The van der Waals surface area contributed by atoms with Crippen molar-refractivity contribution in [2.24, 2.45) is 5.92 Å². The summed E-state index contributed by atoms with van der Waals surface area (Å²) in [5.41, 5.74) is 0. The molecule has 0 aromatic heterocycles. The number of halogens is 1. The summed E-state index contributed by atoms with van der Waals surface area (Å²) in [5, 5.41) is 3.24. The second kappa shape index (κ2) is 7.08. The van der Waals surface area contributed by atoms with Crippen LogP contribution in [-0.2, 0) is 9.84 Å². The molecule has 0 amide bonds. The van der Waals surface area contributed by atoms with Gasteiger partial charge in [0, 0.05) is 19.3 Å². The van der Waals surface area contributed by atoms with Crippen LogP contribution in [0.4, 0.5) is 0 Å². The number of nitrogens with one attached hydrogen (secondary N) is 1. The zero-order valence-electron chi connectivity index (χ0n) is 11.1. The molecule has 0 aromatic carbocycles. The minimum Gasteiger partial charge on any atom is -0.317 e. The molecule has 18 heavy (non-hydrogen) atoms. The molecule has 0 radical (unpaired) electrons. The minimum atomic E-state index is -2.85. The van der Waals surface area contributed by atoms with E-state index in [1.807, 2.05) is 0 Å². The Balaban J connectivity index is 0.00000162. The number of rotatable bonds is 3. The standard InChI is InChI=1S/C12H24N2O2S.ClH/c1-17(15,16)12-3-2-8-14(10-12)9-11-4-6-13-7-5-11;/h11-13H,2-10H2,1H3;1H. The summed E-state index contributed by atoms with van der Waals surface area (Å²) in [5.74, 6) is 0.759. The summed E-state index contributed by atoms with van der Waals surface area (Å²) in [6.07, 6.45) is 5.73. The van der Waals surface area contributed by atoms with E-state index in [-0.39, 0.29) is 17.7 Å². The molecule has 2 saturated heterocycles. The van der Waals surface area contributed by atoms with Crippen molar-refractivity contribution < 1.29 is 8.42 Å².